The summed E-state index contributed by atoms with van der Waals surface area (Å²) < 4.78 is 32.9. The van der Waals surface area contributed by atoms with Crippen LogP contribution in [0.2, 0.25) is 0 Å². The number of imide groups is 1. The van der Waals surface area contributed by atoms with E-state index in [1.165, 1.54) is 16.7 Å². The lowest BCUT2D eigenvalue weighted by molar-refractivity contribution is -0.217. The van der Waals surface area contributed by atoms with Gasteiger partial charge in [0.05, 0.1) is 54.7 Å². The fourth-order valence-corrected chi connectivity index (χ4v) is 12.0. The number of aryl methyl sites for hydroxylation is 1. The Morgan fingerprint density at radius 2 is 1.44 bits per heavy atom. The third-order valence-electron chi connectivity index (χ3n) is 17.2. The number of amides is 12. The van der Waals surface area contributed by atoms with Gasteiger partial charge in [-0.05, 0) is 60.9 Å². The number of nitrogens with one attached hydrogen (secondary N) is 9. The molecular formula is C63H72FN13O21. The van der Waals surface area contributed by atoms with E-state index in [0.29, 0.717) is 62.3 Å². The van der Waals surface area contributed by atoms with Crippen LogP contribution in [0.5, 0.6) is 0 Å². The molecule has 0 unspecified atom stereocenters. The van der Waals surface area contributed by atoms with Crippen LogP contribution >= 0.6 is 0 Å². The van der Waals surface area contributed by atoms with Gasteiger partial charge in [0.2, 0.25) is 59.1 Å². The number of pyridine rings is 2. The number of benzene rings is 2. The van der Waals surface area contributed by atoms with E-state index in [2.05, 4.69) is 47.9 Å². The Kier molecular flexibility index (Phi) is 22.8. The topological polar surface area (TPSA) is 503 Å². The van der Waals surface area contributed by atoms with E-state index in [1.807, 2.05) is 0 Å². The van der Waals surface area contributed by atoms with Crippen molar-refractivity contribution in [2.45, 2.75) is 126 Å². The van der Waals surface area contributed by atoms with Crippen LogP contribution < -0.4 is 59.1 Å². The number of aromatic nitrogens is 2. The molecule has 4 aliphatic heterocycles. The van der Waals surface area contributed by atoms with Crippen molar-refractivity contribution in [2.75, 3.05) is 52.6 Å². The quantitative estimate of drug-likeness (QED) is 0.00917. The van der Waals surface area contributed by atoms with E-state index in [4.69, 9.17) is 24.9 Å². The van der Waals surface area contributed by atoms with Crippen LogP contribution in [0.3, 0.4) is 0 Å². The second-order valence-corrected chi connectivity index (χ2v) is 23.7. The molecule has 6 heterocycles. The summed E-state index contributed by atoms with van der Waals surface area (Å²) in [6, 6.07) is 7.65. The van der Waals surface area contributed by atoms with Crippen LogP contribution in [0.25, 0.3) is 22.3 Å². The predicted molar refractivity (Wildman–Crippen MR) is 332 cm³/mol. The lowest BCUT2D eigenvalue weighted by Crippen LogP contribution is -2.62. The maximum absolute atomic E-state index is 15.5. The van der Waals surface area contributed by atoms with Crippen LogP contribution in [0.4, 0.5) is 4.39 Å². The van der Waals surface area contributed by atoms with Crippen LogP contribution in [0, 0.1) is 12.7 Å². The lowest BCUT2D eigenvalue weighted by Gasteiger charge is -2.39. The van der Waals surface area contributed by atoms with Crippen molar-refractivity contribution < 1.29 is 101 Å². The van der Waals surface area contributed by atoms with Gasteiger partial charge in [0.25, 0.3) is 17.4 Å². The molecule has 15 N–H and O–H groups in total. The van der Waals surface area contributed by atoms with Crippen LogP contribution in [0.1, 0.15) is 84.0 Å². The van der Waals surface area contributed by atoms with Gasteiger partial charge in [-0.1, -0.05) is 37.3 Å². The van der Waals surface area contributed by atoms with E-state index in [0.717, 1.165) is 12.2 Å². The molecule has 98 heavy (non-hydrogen) atoms. The monoisotopic (exact) mass is 1370 g/mol. The van der Waals surface area contributed by atoms with E-state index in [1.54, 1.807) is 44.2 Å². The van der Waals surface area contributed by atoms with Gasteiger partial charge in [-0.25, -0.2) is 14.2 Å². The van der Waals surface area contributed by atoms with Crippen molar-refractivity contribution in [1.82, 2.24) is 62.3 Å². The van der Waals surface area contributed by atoms with Gasteiger partial charge in [-0.15, -0.1) is 0 Å². The molecular weight excluding hydrogens is 1290 g/mol. The number of cyclic esters (lactones) is 1. The zero-order valence-corrected chi connectivity index (χ0v) is 52.9. The molecule has 34 nitrogen and oxygen atoms in total. The van der Waals surface area contributed by atoms with Crippen molar-refractivity contribution in [3.05, 3.63) is 110 Å². The summed E-state index contributed by atoms with van der Waals surface area (Å²) in [6.45, 7) is -1.88. The second-order valence-electron chi connectivity index (χ2n) is 23.7. The fourth-order valence-electron chi connectivity index (χ4n) is 12.0. The molecule has 0 radical (unpaired) electrons. The molecule has 0 bridgehead atoms. The number of carbonyl (C=O) groups excluding carboxylic acids is 13. The number of primary amides is 1. The zero-order chi connectivity index (χ0) is 70.9. The van der Waals surface area contributed by atoms with Gasteiger partial charge in [0.15, 0.2) is 11.7 Å². The molecule has 522 valence electrons. The molecule has 1 saturated heterocycles. The number of esters is 1. The van der Waals surface area contributed by atoms with Gasteiger partial charge >= 0.3 is 5.97 Å². The van der Waals surface area contributed by atoms with Crippen molar-refractivity contribution in [3.63, 3.8) is 0 Å². The number of fused-ring (bicyclic) bond motifs is 5. The molecule has 1 fully saturated rings. The van der Waals surface area contributed by atoms with Gasteiger partial charge in [0.1, 0.15) is 68.8 Å². The minimum Gasteiger partial charge on any atom is -0.458 e. The van der Waals surface area contributed by atoms with Gasteiger partial charge in [-0.2, -0.15) is 0 Å². The number of nitrogens with two attached hydrogens (primary N) is 1. The Morgan fingerprint density at radius 3 is 2.13 bits per heavy atom. The third-order valence-corrected chi connectivity index (χ3v) is 17.2. The van der Waals surface area contributed by atoms with Crippen molar-refractivity contribution in [1.29, 1.82) is 0 Å². The normalized spacial score (nSPS) is 20.9. The minimum absolute atomic E-state index is 0.00728. The highest BCUT2D eigenvalue weighted by Gasteiger charge is 2.48. The standard InChI is InChI=1S/C63H72FN13O21/c1-3-63(95)34-18-40-53-32(24-76(40)61(93)33(34)26-97-62(63)94)52-36(10-9-31-29(2)35(64)19-38(75-53)51(31)52)72-48(84)27-96-28-71-45(81)22-70-60(92)39(17-30-7-5-4-6-8-30)74-46(82)23-68-44(80)21-69-59(91)37(73-43(79)15-16-66-47(83)25-77-49(85)13-14-50(77)86)11-12-42(78)67-20-41-54(87)55(88)56(89)57(98-41)58(65)90/h4-8,13-14,18-19,36-37,39,41,54-57,87-89,95H,3,9-12,15-17,20-28H2,1-2H3,(H2,65,90)(H,66,83)(H,67,78)(H,68,80)(H,69,91)(H,70,92)(H,71,81)(H,72,84)(H,73,79)(H,74,82)/t36-,37-,39-,41-,54-,55+,56-,57-,63-/m0/s1. The lowest BCUT2D eigenvalue weighted by atomic mass is 9.81. The van der Waals surface area contributed by atoms with Gasteiger partial charge in [-0.3, -0.25) is 67.2 Å². The maximum Gasteiger partial charge on any atom is 0.343 e. The van der Waals surface area contributed by atoms with Crippen molar-refractivity contribution in [3.8, 4) is 11.4 Å². The number of aliphatic hydroxyl groups excluding tert-OH is 3. The first-order chi connectivity index (χ1) is 46.7. The number of carbonyl (C=O) groups is 13. The first-order valence-electron chi connectivity index (χ1n) is 31.1. The first-order valence-corrected chi connectivity index (χ1v) is 31.1. The highest BCUT2D eigenvalue weighted by Crippen LogP contribution is 2.46. The molecule has 2 aromatic carbocycles. The molecule has 0 saturated carbocycles. The number of aliphatic hydroxyl groups is 4. The highest BCUT2D eigenvalue weighted by atomic mass is 19.1. The maximum atomic E-state index is 15.5. The summed E-state index contributed by atoms with van der Waals surface area (Å²) in [7, 11) is 0. The third kappa shape index (κ3) is 16.3. The largest absolute Gasteiger partial charge is 0.458 e. The van der Waals surface area contributed by atoms with E-state index in [9.17, 15) is 87.5 Å². The molecule has 35 heteroatoms. The highest BCUT2D eigenvalue weighted by molar-refractivity contribution is 6.14. The van der Waals surface area contributed by atoms with E-state index in [-0.39, 0.29) is 49.2 Å². The van der Waals surface area contributed by atoms with Crippen LogP contribution in [0.15, 0.2) is 59.4 Å². The summed E-state index contributed by atoms with van der Waals surface area (Å²) in [6.07, 6.45) is -7.69. The Balaban J connectivity index is 0.745. The SMILES string of the molecule is CC[C@@]1(O)C(=O)OCc2c1cc1n(c2=O)Cc2c-1nc1cc(F)c(C)c3c1c2[C@@H](NC(=O)COCNC(=O)CNC(=O)[C@H](Cc1ccccc1)NC(=O)CNC(=O)CNC(=O)[C@H](CCC(=O)NC[C@@H]1O[C@H](C(N)=O)[C@@H](O)[C@H](O)[C@H]1O)NC(=O)CCNC(=O)CN1C(=O)C=CC1=O)CC3. The first kappa shape index (κ1) is 71.8. The fraction of sp³-hybridized carbons (Fsp3) is 0.444. The minimum atomic E-state index is -2.09. The van der Waals surface area contributed by atoms with E-state index >= 15 is 4.39 Å². The summed E-state index contributed by atoms with van der Waals surface area (Å²) >= 11 is 0. The molecule has 9 atom stereocenters. The number of hydrogen-bond acceptors (Lipinski definition) is 22. The molecule has 1 aliphatic carbocycles. The van der Waals surface area contributed by atoms with E-state index < -0.39 is 208 Å². The number of ether oxygens (including phenoxy) is 3. The summed E-state index contributed by atoms with van der Waals surface area (Å²) in [5.41, 5.74) is 6.53. The average molecular weight is 1370 g/mol. The average Bonchev–Trinajstić information content (AvgIpc) is 1.48. The Hall–Kier alpha value is -10.5. The van der Waals surface area contributed by atoms with Crippen LogP contribution in [-0.2, 0) is 108 Å². The summed E-state index contributed by atoms with van der Waals surface area (Å²) in [4.78, 5) is 186. The summed E-state index contributed by atoms with van der Waals surface area (Å²) in [5, 5.41) is 64.6. The van der Waals surface area contributed by atoms with Crippen molar-refractivity contribution in [2.24, 2.45) is 5.73 Å². The molecule has 5 aliphatic rings. The van der Waals surface area contributed by atoms with Crippen molar-refractivity contribution >= 4 is 87.8 Å². The molecule has 9 rings (SSSR count). The molecule has 2 aromatic heterocycles. The molecule has 12 amide bonds. The zero-order valence-electron chi connectivity index (χ0n) is 52.9. The Bertz CT molecular complexity index is 3980. The van der Waals surface area contributed by atoms with Gasteiger partial charge in [0, 0.05) is 67.1 Å². The molecule has 4 aromatic rings. The molecule has 0 spiro atoms. The van der Waals surface area contributed by atoms with Gasteiger partial charge < -0.3 is 92.8 Å². The number of hydrogen-bond donors (Lipinski definition) is 14. The smallest absolute Gasteiger partial charge is 0.343 e. The second kappa shape index (κ2) is 31.2. The predicted octanol–water partition coefficient (Wildman–Crippen LogP) is -6.06. The number of halogens is 1. The Labute approximate surface area is 555 Å². The Morgan fingerprint density at radius 1 is 0.765 bits per heavy atom. The summed E-state index contributed by atoms with van der Waals surface area (Å²) in [5.74, 6) is -11.5. The number of nitrogens with zero attached hydrogens (tertiary/aromatic N) is 3. The van der Waals surface area contributed by atoms with Crippen LogP contribution in [-0.4, -0.2) is 207 Å². The number of rotatable bonds is 29.